The molecule has 4 rings (SSSR count). The van der Waals surface area contributed by atoms with Crippen LogP contribution < -0.4 is 0 Å². The Morgan fingerprint density at radius 3 is 2.73 bits per heavy atom. The second-order valence-electron chi connectivity index (χ2n) is 6.15. The Morgan fingerprint density at radius 2 is 1.88 bits per heavy atom. The van der Waals surface area contributed by atoms with Gasteiger partial charge in [0.2, 0.25) is 0 Å². The normalized spacial score (nSPS) is 11.3. The van der Waals surface area contributed by atoms with Crippen molar-refractivity contribution in [2.45, 2.75) is 6.92 Å². The third kappa shape index (κ3) is 2.97. The molecule has 4 nitrogen and oxygen atoms in total. The van der Waals surface area contributed by atoms with Crippen LogP contribution in [0.4, 0.5) is 0 Å². The second kappa shape index (κ2) is 6.84. The zero-order chi connectivity index (χ0) is 17.9. The highest BCUT2D eigenvalue weighted by Gasteiger charge is 2.07. The molecule has 1 heterocycles. The van der Waals surface area contributed by atoms with E-state index in [-0.39, 0.29) is 0 Å². The maximum absolute atomic E-state index is 4.74. The van der Waals surface area contributed by atoms with Crippen molar-refractivity contribution >= 4 is 17.2 Å². The number of nitrogens with zero attached hydrogens (tertiary/aromatic N) is 3. The first-order chi connectivity index (χ1) is 12.8. The van der Waals surface area contributed by atoms with Gasteiger partial charge in [0.1, 0.15) is 13.4 Å². The van der Waals surface area contributed by atoms with Gasteiger partial charge >= 0.3 is 0 Å². The van der Waals surface area contributed by atoms with Gasteiger partial charge in [-0.1, -0.05) is 47.6 Å². The van der Waals surface area contributed by atoms with Gasteiger partial charge in [-0.15, -0.1) is 0 Å². The number of fused-ring (bicyclic) bond motifs is 1. The van der Waals surface area contributed by atoms with E-state index in [1.165, 1.54) is 23.8 Å². The van der Waals surface area contributed by atoms with Crippen molar-refractivity contribution in [2.24, 2.45) is 5.16 Å². The summed E-state index contributed by atoms with van der Waals surface area (Å²) in [5.74, 6) is 0. The molecule has 0 fully saturated rings. The van der Waals surface area contributed by atoms with Crippen molar-refractivity contribution in [3.8, 4) is 16.8 Å². The standard InChI is InChI=1S/C22H19N3O/c1-16-6-3-4-9-20(16)18-7-5-8-19(13-18)25-15-23-21-12-17(14-24-26-2)10-11-22(21)25/h3-15H,1-2H3. The summed E-state index contributed by atoms with van der Waals surface area (Å²) in [5, 5.41) is 3.81. The van der Waals surface area contributed by atoms with Crippen LogP contribution in [0, 0.1) is 6.92 Å². The molecule has 0 aliphatic heterocycles. The molecule has 0 atom stereocenters. The van der Waals surface area contributed by atoms with Gasteiger partial charge in [0, 0.05) is 5.69 Å². The summed E-state index contributed by atoms with van der Waals surface area (Å²) in [4.78, 5) is 9.29. The lowest BCUT2D eigenvalue weighted by atomic mass is 10.0. The molecule has 26 heavy (non-hydrogen) atoms. The molecule has 3 aromatic carbocycles. The Balaban J connectivity index is 1.78. The Morgan fingerprint density at radius 1 is 1.00 bits per heavy atom. The maximum atomic E-state index is 4.74. The average Bonchev–Trinajstić information content (AvgIpc) is 3.10. The van der Waals surface area contributed by atoms with Gasteiger partial charge < -0.3 is 4.84 Å². The van der Waals surface area contributed by atoms with Gasteiger partial charge in [0.25, 0.3) is 0 Å². The highest BCUT2D eigenvalue weighted by atomic mass is 16.6. The third-order valence-corrected chi connectivity index (χ3v) is 4.46. The van der Waals surface area contributed by atoms with E-state index in [1.54, 1.807) is 6.21 Å². The van der Waals surface area contributed by atoms with Crippen LogP contribution in [-0.4, -0.2) is 22.9 Å². The van der Waals surface area contributed by atoms with Gasteiger partial charge in [-0.2, -0.15) is 0 Å². The van der Waals surface area contributed by atoms with Gasteiger partial charge in [-0.05, 0) is 53.4 Å². The average molecular weight is 341 g/mol. The molecule has 0 unspecified atom stereocenters. The van der Waals surface area contributed by atoms with Crippen molar-refractivity contribution in [3.05, 3.63) is 84.2 Å². The number of aryl methyl sites for hydroxylation is 1. The number of imidazole rings is 1. The minimum absolute atomic E-state index is 0.923. The summed E-state index contributed by atoms with van der Waals surface area (Å²) >= 11 is 0. The molecule has 1 aromatic heterocycles. The highest BCUT2D eigenvalue weighted by Crippen LogP contribution is 2.26. The number of hydrogen-bond acceptors (Lipinski definition) is 3. The quantitative estimate of drug-likeness (QED) is 0.388. The first-order valence-corrected chi connectivity index (χ1v) is 8.46. The number of benzene rings is 3. The van der Waals surface area contributed by atoms with Crippen LogP contribution in [0.2, 0.25) is 0 Å². The lowest BCUT2D eigenvalue weighted by Crippen LogP contribution is -1.93. The zero-order valence-electron chi connectivity index (χ0n) is 14.8. The molecule has 4 heteroatoms. The summed E-state index contributed by atoms with van der Waals surface area (Å²) in [6, 6.07) is 23.0. The number of aromatic nitrogens is 2. The van der Waals surface area contributed by atoms with Crippen LogP contribution in [0.5, 0.6) is 0 Å². The van der Waals surface area contributed by atoms with Crippen LogP contribution in [0.15, 0.2) is 78.2 Å². The van der Waals surface area contributed by atoms with Crippen molar-refractivity contribution in [1.82, 2.24) is 9.55 Å². The Kier molecular flexibility index (Phi) is 4.23. The summed E-state index contributed by atoms with van der Waals surface area (Å²) in [7, 11) is 1.53. The number of rotatable bonds is 4. The molecule has 0 aliphatic carbocycles. The third-order valence-electron chi connectivity index (χ3n) is 4.46. The van der Waals surface area contributed by atoms with Crippen molar-refractivity contribution < 1.29 is 4.84 Å². The molecular weight excluding hydrogens is 322 g/mol. The molecule has 0 amide bonds. The summed E-state index contributed by atoms with van der Waals surface area (Å²) in [6.07, 6.45) is 3.54. The summed E-state index contributed by atoms with van der Waals surface area (Å²) < 4.78 is 2.11. The molecule has 0 spiro atoms. The molecule has 0 N–H and O–H groups in total. The first kappa shape index (κ1) is 16.1. The number of oxime groups is 1. The minimum atomic E-state index is 0.923. The largest absolute Gasteiger partial charge is 0.399 e. The minimum Gasteiger partial charge on any atom is -0.399 e. The summed E-state index contributed by atoms with van der Waals surface area (Å²) in [6.45, 7) is 2.14. The molecule has 0 bridgehead atoms. The molecule has 128 valence electrons. The maximum Gasteiger partial charge on any atom is 0.106 e. The van der Waals surface area contributed by atoms with Crippen LogP contribution in [0.25, 0.3) is 27.8 Å². The topological polar surface area (TPSA) is 39.4 Å². The molecule has 0 radical (unpaired) electrons. The van der Waals surface area contributed by atoms with Gasteiger partial charge in [0.15, 0.2) is 0 Å². The van der Waals surface area contributed by atoms with Crippen molar-refractivity contribution in [1.29, 1.82) is 0 Å². The van der Waals surface area contributed by atoms with E-state index in [0.717, 1.165) is 22.3 Å². The van der Waals surface area contributed by atoms with Crippen LogP contribution in [0.3, 0.4) is 0 Å². The van der Waals surface area contributed by atoms with Crippen LogP contribution in [0.1, 0.15) is 11.1 Å². The van der Waals surface area contributed by atoms with Crippen LogP contribution >= 0.6 is 0 Å². The van der Waals surface area contributed by atoms with E-state index in [4.69, 9.17) is 4.84 Å². The van der Waals surface area contributed by atoms with Gasteiger partial charge in [-0.3, -0.25) is 4.57 Å². The Bertz CT molecular complexity index is 1100. The van der Waals surface area contributed by atoms with E-state index in [2.05, 4.69) is 76.2 Å². The molecule has 0 aliphatic rings. The first-order valence-electron chi connectivity index (χ1n) is 8.46. The Labute approximate surface area is 152 Å². The fourth-order valence-electron chi connectivity index (χ4n) is 3.15. The lowest BCUT2D eigenvalue weighted by molar-refractivity contribution is 0.215. The smallest absolute Gasteiger partial charge is 0.106 e. The highest BCUT2D eigenvalue weighted by molar-refractivity contribution is 5.87. The fraction of sp³-hybridized carbons (Fsp3) is 0.0909. The molecular formula is C22H19N3O. The zero-order valence-corrected chi connectivity index (χ0v) is 14.8. The molecule has 4 aromatic rings. The molecule has 0 saturated heterocycles. The predicted molar refractivity (Wildman–Crippen MR) is 106 cm³/mol. The van der Waals surface area contributed by atoms with E-state index in [1.807, 2.05) is 18.5 Å². The van der Waals surface area contributed by atoms with E-state index < -0.39 is 0 Å². The second-order valence-corrected chi connectivity index (χ2v) is 6.15. The van der Waals surface area contributed by atoms with E-state index >= 15 is 0 Å². The Hall–Kier alpha value is -3.40. The lowest BCUT2D eigenvalue weighted by Gasteiger charge is -2.09. The number of hydrogen-bond donors (Lipinski definition) is 0. The SMILES string of the molecule is CON=Cc1ccc2c(c1)ncn2-c1cccc(-c2ccccc2C)c1. The molecule has 0 saturated carbocycles. The van der Waals surface area contributed by atoms with Crippen LogP contribution in [-0.2, 0) is 4.84 Å². The van der Waals surface area contributed by atoms with Crippen molar-refractivity contribution in [2.75, 3.05) is 7.11 Å². The van der Waals surface area contributed by atoms with Gasteiger partial charge in [-0.25, -0.2) is 4.98 Å². The monoisotopic (exact) mass is 341 g/mol. The summed E-state index contributed by atoms with van der Waals surface area (Å²) in [5.41, 5.74) is 7.74. The van der Waals surface area contributed by atoms with Crippen molar-refractivity contribution in [3.63, 3.8) is 0 Å². The fourth-order valence-corrected chi connectivity index (χ4v) is 3.15. The van der Waals surface area contributed by atoms with Gasteiger partial charge in [0.05, 0.1) is 17.2 Å². The van der Waals surface area contributed by atoms with E-state index in [9.17, 15) is 0 Å². The predicted octanol–water partition coefficient (Wildman–Crippen LogP) is 4.98. The van der Waals surface area contributed by atoms with E-state index in [0.29, 0.717) is 0 Å².